The van der Waals surface area contributed by atoms with Crippen LogP contribution in [0.25, 0.3) is 6.08 Å². The Kier molecular flexibility index (Phi) is 6.45. The second-order valence-electron chi connectivity index (χ2n) is 10.1. The number of fused-ring (bicyclic) bond motifs is 1. The van der Waals surface area contributed by atoms with E-state index in [-0.39, 0.29) is 16.7 Å². The van der Waals surface area contributed by atoms with Crippen molar-refractivity contribution in [3.05, 3.63) is 69.1 Å². The average molecular weight is 463 g/mol. The number of carbonyl (C=O) groups is 2. The Bertz CT molecular complexity index is 1120. The fourth-order valence-electron chi connectivity index (χ4n) is 5.11. The summed E-state index contributed by atoms with van der Waals surface area (Å²) in [4.78, 5) is 30.1. The van der Waals surface area contributed by atoms with Crippen LogP contribution in [0.2, 0.25) is 0 Å². The normalized spacial score (nSPS) is 21.2. The molecule has 0 radical (unpaired) electrons. The van der Waals surface area contributed by atoms with Crippen molar-refractivity contribution in [3.63, 3.8) is 0 Å². The standard InChI is InChI=1S/C28H34N2O2S/c1-7-12-30-24-13-19(3)22(14-23(24)20(4)16-28(30,5)6)15-25-26(31)29(27(32)33-25)17-21-10-8-18(2)9-11-21/h8-11,13-15,20H,7,12,16-17H2,1-6H3/b25-15+. The fourth-order valence-corrected chi connectivity index (χ4v) is 5.94. The van der Waals surface area contributed by atoms with Crippen molar-refractivity contribution >= 4 is 34.7 Å². The summed E-state index contributed by atoms with van der Waals surface area (Å²) >= 11 is 1.04. The molecule has 1 saturated heterocycles. The molecule has 0 aliphatic carbocycles. The molecule has 1 fully saturated rings. The first-order valence-corrected chi connectivity index (χ1v) is 12.7. The fraction of sp³-hybridized carbons (Fsp3) is 0.429. The highest BCUT2D eigenvalue weighted by molar-refractivity contribution is 8.18. The molecule has 1 atom stereocenters. The topological polar surface area (TPSA) is 40.6 Å². The van der Waals surface area contributed by atoms with Crippen molar-refractivity contribution in [2.45, 2.75) is 72.4 Å². The predicted octanol–water partition coefficient (Wildman–Crippen LogP) is 7.04. The molecule has 1 unspecified atom stereocenters. The van der Waals surface area contributed by atoms with Gasteiger partial charge in [-0.15, -0.1) is 0 Å². The lowest BCUT2D eigenvalue weighted by Crippen LogP contribution is -2.48. The summed E-state index contributed by atoms with van der Waals surface area (Å²) in [6.45, 7) is 14.6. The first-order chi connectivity index (χ1) is 15.6. The van der Waals surface area contributed by atoms with Gasteiger partial charge in [0, 0.05) is 17.8 Å². The maximum Gasteiger partial charge on any atom is 0.293 e. The summed E-state index contributed by atoms with van der Waals surface area (Å²) in [5.74, 6) is 0.233. The zero-order chi connectivity index (χ0) is 23.9. The van der Waals surface area contributed by atoms with E-state index in [1.54, 1.807) is 0 Å². The van der Waals surface area contributed by atoms with E-state index < -0.39 is 0 Å². The molecule has 5 heteroatoms. The number of thioether (sulfide) groups is 1. The average Bonchev–Trinajstić information content (AvgIpc) is 3.00. The lowest BCUT2D eigenvalue weighted by atomic mass is 9.79. The maximum atomic E-state index is 13.1. The number of benzene rings is 2. The van der Waals surface area contributed by atoms with Gasteiger partial charge in [-0.25, -0.2) is 0 Å². The van der Waals surface area contributed by atoms with E-state index in [2.05, 4.69) is 51.7 Å². The number of hydrogen-bond donors (Lipinski definition) is 0. The van der Waals surface area contributed by atoms with Crippen molar-refractivity contribution in [3.8, 4) is 0 Å². The van der Waals surface area contributed by atoms with E-state index >= 15 is 0 Å². The van der Waals surface area contributed by atoms with Crippen LogP contribution < -0.4 is 4.90 Å². The van der Waals surface area contributed by atoms with Crippen LogP contribution in [0.5, 0.6) is 0 Å². The van der Waals surface area contributed by atoms with Crippen LogP contribution in [0.15, 0.2) is 41.3 Å². The van der Waals surface area contributed by atoms with Gasteiger partial charge >= 0.3 is 0 Å². The summed E-state index contributed by atoms with van der Waals surface area (Å²) in [6.07, 6.45) is 4.11. The molecule has 2 heterocycles. The molecule has 2 aliphatic heterocycles. The molecule has 2 amide bonds. The van der Waals surface area contributed by atoms with Crippen LogP contribution in [0.3, 0.4) is 0 Å². The largest absolute Gasteiger partial charge is 0.366 e. The maximum absolute atomic E-state index is 13.1. The minimum Gasteiger partial charge on any atom is -0.366 e. The van der Waals surface area contributed by atoms with E-state index in [9.17, 15) is 9.59 Å². The van der Waals surface area contributed by atoms with Gasteiger partial charge in [0.25, 0.3) is 11.1 Å². The molecule has 174 valence electrons. The van der Waals surface area contributed by atoms with Crippen LogP contribution in [0.4, 0.5) is 10.5 Å². The van der Waals surface area contributed by atoms with Crippen molar-refractivity contribution in [1.82, 2.24) is 4.90 Å². The zero-order valence-corrected chi connectivity index (χ0v) is 21.4. The van der Waals surface area contributed by atoms with Crippen LogP contribution in [-0.2, 0) is 11.3 Å². The van der Waals surface area contributed by atoms with Gasteiger partial charge in [-0.3, -0.25) is 14.5 Å². The van der Waals surface area contributed by atoms with Crippen LogP contribution in [-0.4, -0.2) is 28.1 Å². The SMILES string of the molecule is CCCN1c2cc(C)c(/C=C3/SC(=O)N(Cc4ccc(C)cc4)C3=O)cc2C(C)CC1(C)C. The Labute approximate surface area is 202 Å². The lowest BCUT2D eigenvalue weighted by molar-refractivity contribution is -0.123. The Morgan fingerprint density at radius 1 is 1.12 bits per heavy atom. The lowest BCUT2D eigenvalue weighted by Gasteiger charge is -2.48. The molecule has 0 aromatic heterocycles. The Morgan fingerprint density at radius 3 is 2.48 bits per heavy atom. The third-order valence-corrected chi connectivity index (χ3v) is 7.75. The van der Waals surface area contributed by atoms with E-state index in [1.165, 1.54) is 16.2 Å². The smallest absolute Gasteiger partial charge is 0.293 e. The molecule has 4 rings (SSSR count). The first kappa shape index (κ1) is 23.6. The highest BCUT2D eigenvalue weighted by Gasteiger charge is 2.37. The van der Waals surface area contributed by atoms with Crippen molar-refractivity contribution < 1.29 is 9.59 Å². The number of carbonyl (C=O) groups excluding carboxylic acids is 2. The number of anilines is 1. The number of aryl methyl sites for hydroxylation is 2. The third-order valence-electron chi connectivity index (χ3n) is 6.84. The van der Waals surface area contributed by atoms with Crippen LogP contribution in [0.1, 0.15) is 74.3 Å². The van der Waals surface area contributed by atoms with E-state index in [0.717, 1.165) is 53.4 Å². The molecule has 0 bridgehead atoms. The highest BCUT2D eigenvalue weighted by Crippen LogP contribution is 2.45. The quantitative estimate of drug-likeness (QED) is 0.447. The summed E-state index contributed by atoms with van der Waals surface area (Å²) in [5, 5.41) is -0.202. The van der Waals surface area contributed by atoms with Crippen LogP contribution >= 0.6 is 11.8 Å². The van der Waals surface area contributed by atoms with Gasteiger partial charge in [-0.1, -0.05) is 43.7 Å². The predicted molar refractivity (Wildman–Crippen MR) is 139 cm³/mol. The molecule has 0 spiro atoms. The molecule has 2 aromatic carbocycles. The molecule has 4 nitrogen and oxygen atoms in total. The molecular weight excluding hydrogens is 428 g/mol. The van der Waals surface area contributed by atoms with Crippen molar-refractivity contribution in [2.24, 2.45) is 0 Å². The zero-order valence-electron chi connectivity index (χ0n) is 20.6. The monoisotopic (exact) mass is 462 g/mol. The summed E-state index contributed by atoms with van der Waals surface area (Å²) in [5.41, 5.74) is 7.03. The second kappa shape index (κ2) is 9.02. The minimum atomic E-state index is -0.204. The van der Waals surface area contributed by atoms with E-state index in [1.807, 2.05) is 37.3 Å². The first-order valence-electron chi connectivity index (χ1n) is 11.8. The third kappa shape index (κ3) is 4.61. The molecule has 0 saturated carbocycles. The molecule has 2 aliphatic rings. The molecule has 33 heavy (non-hydrogen) atoms. The molecular formula is C28H34N2O2S. The van der Waals surface area contributed by atoms with Gasteiger partial charge in [0.05, 0.1) is 11.4 Å². The second-order valence-corrected chi connectivity index (χ2v) is 11.1. The number of amides is 2. The minimum absolute atomic E-state index is 0.120. The Hall–Kier alpha value is -2.53. The number of nitrogens with zero attached hydrogens (tertiary/aromatic N) is 2. The highest BCUT2D eigenvalue weighted by atomic mass is 32.2. The van der Waals surface area contributed by atoms with Gasteiger partial charge in [-0.2, -0.15) is 0 Å². The Morgan fingerprint density at radius 2 is 1.82 bits per heavy atom. The van der Waals surface area contributed by atoms with E-state index in [0.29, 0.717) is 17.4 Å². The Balaban J connectivity index is 1.64. The van der Waals surface area contributed by atoms with Gasteiger partial charge in [0.15, 0.2) is 0 Å². The summed E-state index contributed by atoms with van der Waals surface area (Å²) < 4.78 is 0. The van der Waals surface area contributed by atoms with Crippen LogP contribution in [0, 0.1) is 13.8 Å². The molecule has 0 N–H and O–H groups in total. The van der Waals surface area contributed by atoms with E-state index in [4.69, 9.17) is 0 Å². The summed E-state index contributed by atoms with van der Waals surface area (Å²) in [7, 11) is 0. The number of hydrogen-bond acceptors (Lipinski definition) is 4. The van der Waals surface area contributed by atoms with Crippen molar-refractivity contribution in [2.75, 3.05) is 11.4 Å². The van der Waals surface area contributed by atoms with Gasteiger partial charge in [-0.05, 0) is 98.7 Å². The van der Waals surface area contributed by atoms with Gasteiger partial charge in [0.1, 0.15) is 0 Å². The van der Waals surface area contributed by atoms with Gasteiger partial charge in [0.2, 0.25) is 0 Å². The molecule has 2 aromatic rings. The van der Waals surface area contributed by atoms with Crippen molar-refractivity contribution in [1.29, 1.82) is 0 Å². The van der Waals surface area contributed by atoms with Gasteiger partial charge < -0.3 is 4.90 Å². The number of imide groups is 1. The summed E-state index contributed by atoms with van der Waals surface area (Å²) in [6, 6.07) is 12.5. The number of rotatable bonds is 5.